The smallest absolute Gasteiger partial charge is 0.314 e. The Labute approximate surface area is 136 Å². The van der Waals surface area contributed by atoms with Gasteiger partial charge in [-0.25, -0.2) is 9.18 Å². The molecule has 2 N–H and O–H groups in total. The maximum Gasteiger partial charge on any atom is 0.314 e. The minimum absolute atomic E-state index is 0.00471. The van der Waals surface area contributed by atoms with Crippen LogP contribution < -0.4 is 10.6 Å². The van der Waals surface area contributed by atoms with E-state index in [-0.39, 0.29) is 17.3 Å². The minimum atomic E-state index is -0.224. The molecule has 0 unspecified atom stereocenters. The number of hydrogen-bond donors (Lipinski definition) is 2. The van der Waals surface area contributed by atoms with Gasteiger partial charge in [-0.05, 0) is 30.5 Å². The topological polar surface area (TPSA) is 53.6 Å². The Morgan fingerprint density at radius 1 is 1.17 bits per heavy atom. The summed E-state index contributed by atoms with van der Waals surface area (Å²) in [5, 5.41) is 5.85. The summed E-state index contributed by atoms with van der Waals surface area (Å²) in [6.45, 7) is 5.48. The standard InChI is InChI=1S/C17H24FN3O2/c18-15-3-1-14(2-4-15)17(5-6-17)13-20-16(22)19-7-8-21-9-11-23-12-10-21/h1-4H,5-13H2,(H2,19,20,22). The molecule has 1 aromatic carbocycles. The zero-order valence-electron chi connectivity index (χ0n) is 13.3. The summed E-state index contributed by atoms with van der Waals surface area (Å²) >= 11 is 0. The number of nitrogens with one attached hydrogen (secondary N) is 2. The molecular weight excluding hydrogens is 297 g/mol. The van der Waals surface area contributed by atoms with E-state index < -0.39 is 0 Å². The van der Waals surface area contributed by atoms with Gasteiger partial charge in [0.15, 0.2) is 0 Å². The molecule has 2 amide bonds. The van der Waals surface area contributed by atoms with Gasteiger partial charge in [0.25, 0.3) is 0 Å². The molecule has 1 aliphatic heterocycles. The van der Waals surface area contributed by atoms with Crippen molar-refractivity contribution in [3.05, 3.63) is 35.6 Å². The lowest BCUT2D eigenvalue weighted by molar-refractivity contribution is 0.0387. The van der Waals surface area contributed by atoms with Crippen molar-refractivity contribution in [2.45, 2.75) is 18.3 Å². The van der Waals surface area contributed by atoms with E-state index in [2.05, 4.69) is 15.5 Å². The van der Waals surface area contributed by atoms with Gasteiger partial charge >= 0.3 is 6.03 Å². The zero-order valence-corrected chi connectivity index (χ0v) is 13.3. The van der Waals surface area contributed by atoms with E-state index in [1.165, 1.54) is 12.1 Å². The number of benzene rings is 1. The van der Waals surface area contributed by atoms with Gasteiger partial charge in [-0.2, -0.15) is 0 Å². The molecule has 126 valence electrons. The van der Waals surface area contributed by atoms with Crippen molar-refractivity contribution in [2.75, 3.05) is 45.9 Å². The fourth-order valence-corrected chi connectivity index (χ4v) is 2.99. The Morgan fingerprint density at radius 2 is 1.87 bits per heavy atom. The molecule has 3 rings (SSSR count). The van der Waals surface area contributed by atoms with Crippen LogP contribution in [-0.4, -0.2) is 56.9 Å². The van der Waals surface area contributed by atoms with Crippen LogP contribution in [0.3, 0.4) is 0 Å². The van der Waals surface area contributed by atoms with E-state index in [0.717, 1.165) is 51.3 Å². The lowest BCUT2D eigenvalue weighted by atomic mass is 9.96. The van der Waals surface area contributed by atoms with Gasteiger partial charge in [0.1, 0.15) is 5.82 Å². The maximum absolute atomic E-state index is 13.0. The van der Waals surface area contributed by atoms with Crippen molar-refractivity contribution >= 4 is 6.03 Å². The van der Waals surface area contributed by atoms with Gasteiger partial charge in [0.05, 0.1) is 13.2 Å². The molecule has 1 aromatic rings. The van der Waals surface area contributed by atoms with E-state index in [0.29, 0.717) is 13.1 Å². The highest BCUT2D eigenvalue weighted by atomic mass is 19.1. The molecular formula is C17H24FN3O2. The summed E-state index contributed by atoms with van der Waals surface area (Å²) in [5.74, 6) is -0.224. The highest BCUT2D eigenvalue weighted by Crippen LogP contribution is 2.47. The number of ether oxygens (including phenoxy) is 1. The Balaban J connectivity index is 1.38. The highest BCUT2D eigenvalue weighted by molar-refractivity contribution is 5.74. The van der Waals surface area contributed by atoms with Crippen LogP contribution in [0.4, 0.5) is 9.18 Å². The Bertz CT molecular complexity index is 525. The summed E-state index contributed by atoms with van der Waals surface area (Å²) in [6.07, 6.45) is 2.07. The number of halogens is 1. The first kappa shape index (κ1) is 16.2. The molecule has 0 spiro atoms. The molecule has 0 bridgehead atoms. The van der Waals surface area contributed by atoms with Crippen molar-refractivity contribution in [3.63, 3.8) is 0 Å². The summed E-state index contributed by atoms with van der Waals surface area (Å²) in [7, 11) is 0. The van der Waals surface area contributed by atoms with Gasteiger partial charge in [-0.3, -0.25) is 4.90 Å². The fourth-order valence-electron chi connectivity index (χ4n) is 2.99. The number of hydrogen-bond acceptors (Lipinski definition) is 3. The zero-order chi connectivity index (χ0) is 16.1. The van der Waals surface area contributed by atoms with Crippen LogP contribution >= 0.6 is 0 Å². The predicted molar refractivity (Wildman–Crippen MR) is 86.0 cm³/mol. The van der Waals surface area contributed by atoms with E-state index in [4.69, 9.17) is 4.74 Å². The third-order valence-electron chi connectivity index (χ3n) is 4.71. The molecule has 1 saturated carbocycles. The van der Waals surface area contributed by atoms with Crippen molar-refractivity contribution in [1.82, 2.24) is 15.5 Å². The van der Waals surface area contributed by atoms with Gasteiger partial charge in [-0.15, -0.1) is 0 Å². The number of morpholine rings is 1. The third-order valence-corrected chi connectivity index (χ3v) is 4.71. The monoisotopic (exact) mass is 321 g/mol. The molecule has 0 atom stereocenters. The first-order valence-corrected chi connectivity index (χ1v) is 8.26. The summed E-state index contributed by atoms with van der Waals surface area (Å²) in [6, 6.07) is 6.47. The summed E-state index contributed by atoms with van der Waals surface area (Å²) in [5.41, 5.74) is 1.10. The van der Waals surface area contributed by atoms with Crippen LogP contribution in [0.15, 0.2) is 24.3 Å². The SMILES string of the molecule is O=C(NCCN1CCOCC1)NCC1(c2ccc(F)cc2)CC1. The molecule has 0 radical (unpaired) electrons. The number of carbonyl (C=O) groups is 1. The first-order valence-electron chi connectivity index (χ1n) is 8.26. The molecule has 2 aliphatic rings. The molecule has 0 aromatic heterocycles. The first-order chi connectivity index (χ1) is 11.2. The van der Waals surface area contributed by atoms with Crippen molar-refractivity contribution < 1.29 is 13.9 Å². The highest BCUT2D eigenvalue weighted by Gasteiger charge is 2.44. The molecule has 23 heavy (non-hydrogen) atoms. The fraction of sp³-hybridized carbons (Fsp3) is 0.588. The summed E-state index contributed by atoms with van der Waals surface area (Å²) < 4.78 is 18.3. The van der Waals surface area contributed by atoms with Gasteiger partial charge in [-0.1, -0.05) is 12.1 Å². The quantitative estimate of drug-likeness (QED) is 0.835. The van der Waals surface area contributed by atoms with Crippen LogP contribution in [0.25, 0.3) is 0 Å². The van der Waals surface area contributed by atoms with E-state index >= 15 is 0 Å². The van der Waals surface area contributed by atoms with Crippen LogP contribution in [0.5, 0.6) is 0 Å². The summed E-state index contributed by atoms with van der Waals surface area (Å²) in [4.78, 5) is 14.2. The van der Waals surface area contributed by atoms with Crippen LogP contribution in [0.2, 0.25) is 0 Å². The minimum Gasteiger partial charge on any atom is -0.379 e. The Hall–Kier alpha value is -1.66. The number of rotatable bonds is 6. The third kappa shape index (κ3) is 4.42. The van der Waals surface area contributed by atoms with Crippen LogP contribution in [0, 0.1) is 5.82 Å². The number of nitrogens with zero attached hydrogens (tertiary/aromatic N) is 1. The molecule has 6 heteroatoms. The average molecular weight is 321 g/mol. The molecule has 1 saturated heterocycles. The van der Waals surface area contributed by atoms with Gasteiger partial charge in [0.2, 0.25) is 0 Å². The van der Waals surface area contributed by atoms with Crippen molar-refractivity contribution in [1.29, 1.82) is 0 Å². The second-order valence-corrected chi connectivity index (χ2v) is 6.35. The second kappa shape index (κ2) is 7.27. The lowest BCUT2D eigenvalue weighted by Crippen LogP contribution is -2.45. The van der Waals surface area contributed by atoms with E-state index in [1.807, 2.05) is 12.1 Å². The van der Waals surface area contributed by atoms with E-state index in [1.54, 1.807) is 0 Å². The second-order valence-electron chi connectivity index (χ2n) is 6.35. The van der Waals surface area contributed by atoms with Gasteiger partial charge < -0.3 is 15.4 Å². The largest absolute Gasteiger partial charge is 0.379 e. The number of amides is 2. The van der Waals surface area contributed by atoms with Crippen LogP contribution in [0.1, 0.15) is 18.4 Å². The lowest BCUT2D eigenvalue weighted by Gasteiger charge is -2.26. The Morgan fingerprint density at radius 3 is 2.52 bits per heavy atom. The predicted octanol–water partition coefficient (Wildman–Crippen LogP) is 1.49. The van der Waals surface area contributed by atoms with Gasteiger partial charge in [0, 0.05) is 38.1 Å². The van der Waals surface area contributed by atoms with Crippen molar-refractivity contribution in [3.8, 4) is 0 Å². The average Bonchev–Trinajstić information content (AvgIpc) is 3.36. The van der Waals surface area contributed by atoms with E-state index in [9.17, 15) is 9.18 Å². The molecule has 1 aliphatic carbocycles. The molecule has 2 fully saturated rings. The van der Waals surface area contributed by atoms with Crippen LogP contribution in [-0.2, 0) is 10.2 Å². The number of urea groups is 1. The molecule has 5 nitrogen and oxygen atoms in total. The normalized spacial score (nSPS) is 20.0. The molecule has 1 heterocycles. The number of carbonyl (C=O) groups excluding carboxylic acids is 1. The van der Waals surface area contributed by atoms with Crippen molar-refractivity contribution in [2.24, 2.45) is 0 Å². The Kier molecular flexibility index (Phi) is 5.13. The maximum atomic E-state index is 13.0.